The van der Waals surface area contributed by atoms with Crippen LogP contribution in [-0.4, -0.2) is 27.8 Å². The molecule has 2 aromatic heterocycles. The third kappa shape index (κ3) is 2.29. The number of pyridine rings is 1. The minimum Gasteiger partial charge on any atom is -0.465 e. The molecule has 20 heavy (non-hydrogen) atoms. The zero-order valence-corrected chi connectivity index (χ0v) is 10.2. The van der Waals surface area contributed by atoms with Gasteiger partial charge in [0, 0.05) is 6.20 Å². The van der Waals surface area contributed by atoms with Crippen molar-refractivity contribution in [3.63, 3.8) is 0 Å². The maximum Gasteiger partial charge on any atom is 0.420 e. The van der Waals surface area contributed by atoms with E-state index in [9.17, 15) is 18.0 Å². The average molecular weight is 286 g/mol. The molecule has 0 bridgehead atoms. The highest BCUT2D eigenvalue weighted by molar-refractivity contribution is 5.94. The highest BCUT2D eigenvalue weighted by Gasteiger charge is 2.35. The van der Waals surface area contributed by atoms with Gasteiger partial charge >= 0.3 is 12.1 Å². The highest BCUT2D eigenvalue weighted by Crippen LogP contribution is 2.33. The average Bonchev–Trinajstić information content (AvgIpc) is 2.78. The molecule has 0 aliphatic carbocycles. The summed E-state index contributed by atoms with van der Waals surface area (Å²) in [7, 11) is 1.13. The minimum atomic E-state index is -4.62. The number of nitrogens with zero attached hydrogens (tertiary/aromatic N) is 3. The minimum absolute atomic E-state index is 0.133. The largest absolute Gasteiger partial charge is 0.465 e. The Morgan fingerprint density at radius 2 is 2.15 bits per heavy atom. The number of alkyl halides is 3. The molecule has 0 amide bonds. The van der Waals surface area contributed by atoms with Gasteiger partial charge in [-0.25, -0.2) is 9.78 Å². The van der Waals surface area contributed by atoms with E-state index in [4.69, 9.17) is 5.73 Å². The van der Waals surface area contributed by atoms with Gasteiger partial charge in [-0.1, -0.05) is 0 Å². The molecule has 6 nitrogen and oxygen atoms in total. The van der Waals surface area contributed by atoms with E-state index in [-0.39, 0.29) is 11.4 Å². The predicted molar refractivity (Wildman–Crippen MR) is 62.1 cm³/mol. The Labute approximate surface area is 111 Å². The monoisotopic (exact) mass is 286 g/mol. The van der Waals surface area contributed by atoms with Crippen LogP contribution >= 0.6 is 0 Å². The van der Waals surface area contributed by atoms with Crippen molar-refractivity contribution in [3.8, 4) is 5.82 Å². The molecule has 0 aromatic carbocycles. The Morgan fingerprint density at radius 1 is 1.45 bits per heavy atom. The maximum absolute atomic E-state index is 12.9. The van der Waals surface area contributed by atoms with E-state index in [2.05, 4.69) is 14.8 Å². The summed E-state index contributed by atoms with van der Waals surface area (Å²) in [6, 6.07) is 1.99. The quantitative estimate of drug-likeness (QED) is 0.849. The molecule has 106 valence electrons. The zero-order chi connectivity index (χ0) is 14.9. The number of nitrogen functional groups attached to an aromatic ring is 1. The Balaban J connectivity index is 2.59. The van der Waals surface area contributed by atoms with Crippen LogP contribution in [0, 0.1) is 0 Å². The number of anilines is 1. The SMILES string of the molecule is COC(=O)c1cnn(-c2ncccc2C(F)(F)F)c1N. The molecule has 2 heterocycles. The number of methoxy groups -OCH3 is 1. The number of carbonyl (C=O) groups is 1. The molecule has 0 atom stereocenters. The molecule has 2 aromatic rings. The first-order chi connectivity index (χ1) is 9.36. The van der Waals surface area contributed by atoms with Crippen LogP contribution in [0.1, 0.15) is 15.9 Å². The first-order valence-corrected chi connectivity index (χ1v) is 5.30. The molecule has 0 unspecified atom stereocenters. The number of ether oxygens (including phenoxy) is 1. The summed E-state index contributed by atoms with van der Waals surface area (Å²) in [4.78, 5) is 15.0. The molecule has 0 spiro atoms. The van der Waals surface area contributed by atoms with Crippen molar-refractivity contribution in [2.24, 2.45) is 0 Å². The van der Waals surface area contributed by atoms with E-state index in [1.807, 2.05) is 0 Å². The number of hydrogen-bond acceptors (Lipinski definition) is 5. The fraction of sp³-hybridized carbons (Fsp3) is 0.182. The van der Waals surface area contributed by atoms with Crippen molar-refractivity contribution in [2.75, 3.05) is 12.8 Å². The molecule has 0 aliphatic rings. The second-order valence-electron chi connectivity index (χ2n) is 3.72. The predicted octanol–water partition coefficient (Wildman–Crippen LogP) is 1.65. The van der Waals surface area contributed by atoms with Gasteiger partial charge in [0.1, 0.15) is 16.9 Å². The lowest BCUT2D eigenvalue weighted by molar-refractivity contribution is -0.137. The van der Waals surface area contributed by atoms with Crippen molar-refractivity contribution in [3.05, 3.63) is 35.7 Å². The summed E-state index contributed by atoms with van der Waals surface area (Å²) in [5, 5.41) is 3.66. The summed E-state index contributed by atoms with van der Waals surface area (Å²) in [5.41, 5.74) is 4.48. The maximum atomic E-state index is 12.9. The molecular formula is C11H9F3N4O2. The lowest BCUT2D eigenvalue weighted by Crippen LogP contribution is -2.15. The summed E-state index contributed by atoms with van der Waals surface area (Å²) < 4.78 is 43.8. The number of carbonyl (C=O) groups excluding carboxylic acids is 1. The number of nitrogens with two attached hydrogens (primary N) is 1. The summed E-state index contributed by atoms with van der Waals surface area (Å²) >= 11 is 0. The third-order valence-corrected chi connectivity index (χ3v) is 2.50. The van der Waals surface area contributed by atoms with Crippen molar-refractivity contribution in [1.29, 1.82) is 0 Å². The Morgan fingerprint density at radius 3 is 2.75 bits per heavy atom. The van der Waals surface area contributed by atoms with Gasteiger partial charge in [-0.05, 0) is 12.1 Å². The summed E-state index contributed by atoms with van der Waals surface area (Å²) in [5.74, 6) is -1.58. The first-order valence-electron chi connectivity index (χ1n) is 5.30. The number of esters is 1. The van der Waals surface area contributed by atoms with Crippen LogP contribution in [0.15, 0.2) is 24.5 Å². The topological polar surface area (TPSA) is 83.0 Å². The van der Waals surface area contributed by atoms with E-state index >= 15 is 0 Å². The molecule has 0 saturated carbocycles. The molecule has 9 heteroatoms. The van der Waals surface area contributed by atoms with E-state index < -0.39 is 23.5 Å². The second kappa shape index (κ2) is 4.83. The van der Waals surface area contributed by atoms with Gasteiger partial charge in [-0.3, -0.25) is 0 Å². The van der Waals surface area contributed by atoms with Gasteiger partial charge < -0.3 is 10.5 Å². The second-order valence-corrected chi connectivity index (χ2v) is 3.72. The molecule has 0 saturated heterocycles. The zero-order valence-electron chi connectivity index (χ0n) is 10.2. The van der Waals surface area contributed by atoms with Crippen molar-refractivity contribution in [2.45, 2.75) is 6.18 Å². The Kier molecular flexibility index (Phi) is 3.35. The molecule has 0 aliphatic heterocycles. The van der Waals surface area contributed by atoms with Crippen LogP contribution < -0.4 is 5.73 Å². The van der Waals surface area contributed by atoms with Crippen LogP contribution in [-0.2, 0) is 10.9 Å². The van der Waals surface area contributed by atoms with E-state index in [1.54, 1.807) is 0 Å². The Hall–Kier alpha value is -2.58. The number of aromatic nitrogens is 3. The highest BCUT2D eigenvalue weighted by atomic mass is 19.4. The van der Waals surface area contributed by atoms with Crippen LogP contribution in [0.2, 0.25) is 0 Å². The fourth-order valence-electron chi connectivity index (χ4n) is 1.58. The lowest BCUT2D eigenvalue weighted by atomic mass is 10.2. The fourth-order valence-corrected chi connectivity index (χ4v) is 1.58. The summed E-state index contributed by atoms with van der Waals surface area (Å²) in [6.07, 6.45) is -2.42. The Bertz CT molecular complexity index is 651. The number of hydrogen-bond donors (Lipinski definition) is 1. The standard InChI is InChI=1S/C11H9F3N4O2/c1-20-10(19)6-5-17-18(8(6)15)9-7(11(12,13)14)3-2-4-16-9/h2-5H,15H2,1H3. The molecule has 2 N–H and O–H groups in total. The number of rotatable bonds is 2. The van der Waals surface area contributed by atoms with Crippen molar-refractivity contribution < 1.29 is 22.7 Å². The van der Waals surface area contributed by atoms with Crippen LogP contribution in [0.25, 0.3) is 5.82 Å². The van der Waals surface area contributed by atoms with Crippen LogP contribution in [0.3, 0.4) is 0 Å². The smallest absolute Gasteiger partial charge is 0.420 e. The van der Waals surface area contributed by atoms with Gasteiger partial charge in [-0.15, -0.1) is 0 Å². The lowest BCUT2D eigenvalue weighted by Gasteiger charge is -2.12. The molecular weight excluding hydrogens is 277 g/mol. The molecule has 0 fully saturated rings. The molecule has 0 radical (unpaired) electrons. The van der Waals surface area contributed by atoms with E-state index in [0.29, 0.717) is 0 Å². The van der Waals surface area contributed by atoms with Gasteiger partial charge in [-0.2, -0.15) is 23.0 Å². The third-order valence-electron chi connectivity index (χ3n) is 2.50. The molecule has 2 rings (SSSR count). The van der Waals surface area contributed by atoms with Gasteiger partial charge in [0.05, 0.1) is 13.3 Å². The van der Waals surface area contributed by atoms with Gasteiger partial charge in [0.15, 0.2) is 5.82 Å². The van der Waals surface area contributed by atoms with Crippen molar-refractivity contribution >= 4 is 11.8 Å². The number of halogens is 3. The van der Waals surface area contributed by atoms with Gasteiger partial charge in [0.2, 0.25) is 0 Å². The van der Waals surface area contributed by atoms with Crippen LogP contribution in [0.4, 0.5) is 19.0 Å². The van der Waals surface area contributed by atoms with Gasteiger partial charge in [0.25, 0.3) is 0 Å². The van der Waals surface area contributed by atoms with E-state index in [0.717, 1.165) is 30.1 Å². The first kappa shape index (κ1) is 13.8. The van der Waals surface area contributed by atoms with Crippen molar-refractivity contribution in [1.82, 2.24) is 14.8 Å². The van der Waals surface area contributed by atoms with Crippen LogP contribution in [0.5, 0.6) is 0 Å². The summed E-state index contributed by atoms with van der Waals surface area (Å²) in [6.45, 7) is 0. The normalized spacial score (nSPS) is 11.4. The van der Waals surface area contributed by atoms with E-state index in [1.165, 1.54) is 6.20 Å².